The molecule has 0 atom stereocenters. The van der Waals surface area contributed by atoms with Crippen LogP contribution in [0.25, 0.3) is 10.9 Å². The smallest absolute Gasteiger partial charge is 0.303 e. The van der Waals surface area contributed by atoms with Gasteiger partial charge in [0.1, 0.15) is 0 Å². The highest BCUT2D eigenvalue weighted by atomic mass is 32.2. The van der Waals surface area contributed by atoms with E-state index in [1.54, 1.807) is 18.0 Å². The Kier molecular flexibility index (Phi) is 3.14. The van der Waals surface area contributed by atoms with Gasteiger partial charge in [-0.1, -0.05) is 18.2 Å². The van der Waals surface area contributed by atoms with Crippen LogP contribution in [0.2, 0.25) is 0 Å². The van der Waals surface area contributed by atoms with E-state index in [4.69, 9.17) is 5.11 Å². The fourth-order valence-electron chi connectivity index (χ4n) is 2.20. The molecule has 0 unspecified atom stereocenters. The Morgan fingerprint density at radius 1 is 1.37 bits per heavy atom. The molecular weight excluding hydrogens is 260 g/mol. The first-order valence-corrected chi connectivity index (χ1v) is 7.22. The highest BCUT2D eigenvalue weighted by Crippen LogP contribution is 2.52. The first-order chi connectivity index (χ1) is 9.19. The molecule has 1 aromatic heterocycles. The average molecular weight is 274 g/mol. The zero-order chi connectivity index (χ0) is 13.3. The van der Waals surface area contributed by atoms with Crippen LogP contribution < -0.4 is 0 Å². The number of carboxylic acid groups (broad SMARTS) is 1. The number of carboxylic acids is 1. The van der Waals surface area contributed by atoms with Crippen LogP contribution in [0.5, 0.6) is 0 Å². The molecule has 19 heavy (non-hydrogen) atoms. The lowest BCUT2D eigenvalue weighted by Crippen LogP contribution is -2.11. The molecule has 4 nitrogen and oxygen atoms in total. The standard InChI is InChI=1S/C14H14N2O2S/c17-13(18)7-14(5-6-14)9-19-12-8-15-16-11-4-2-1-3-10(11)12/h1-4,8H,5-7,9H2,(H,17,18). The monoisotopic (exact) mass is 274 g/mol. The van der Waals surface area contributed by atoms with Gasteiger partial charge < -0.3 is 5.11 Å². The summed E-state index contributed by atoms with van der Waals surface area (Å²) in [6.45, 7) is 0. The van der Waals surface area contributed by atoms with Gasteiger partial charge in [0.2, 0.25) is 0 Å². The fraction of sp³-hybridized carbons (Fsp3) is 0.357. The second kappa shape index (κ2) is 4.81. The van der Waals surface area contributed by atoms with Crippen molar-refractivity contribution in [2.75, 3.05) is 5.75 Å². The van der Waals surface area contributed by atoms with Gasteiger partial charge in [-0.3, -0.25) is 4.79 Å². The largest absolute Gasteiger partial charge is 0.481 e. The summed E-state index contributed by atoms with van der Waals surface area (Å²) in [6, 6.07) is 7.90. The quantitative estimate of drug-likeness (QED) is 0.849. The van der Waals surface area contributed by atoms with E-state index in [1.165, 1.54) is 0 Å². The van der Waals surface area contributed by atoms with Crippen molar-refractivity contribution in [3.05, 3.63) is 30.5 Å². The zero-order valence-electron chi connectivity index (χ0n) is 10.4. The van der Waals surface area contributed by atoms with Crippen molar-refractivity contribution >= 4 is 28.6 Å². The number of aliphatic carboxylic acids is 1. The van der Waals surface area contributed by atoms with E-state index in [0.717, 1.165) is 34.4 Å². The fourth-order valence-corrected chi connectivity index (χ4v) is 3.50. The van der Waals surface area contributed by atoms with Crippen molar-refractivity contribution in [2.24, 2.45) is 5.41 Å². The topological polar surface area (TPSA) is 63.1 Å². The van der Waals surface area contributed by atoms with Gasteiger partial charge in [0, 0.05) is 16.0 Å². The van der Waals surface area contributed by atoms with Gasteiger partial charge >= 0.3 is 5.97 Å². The van der Waals surface area contributed by atoms with Crippen molar-refractivity contribution in [1.82, 2.24) is 10.2 Å². The predicted molar refractivity (Wildman–Crippen MR) is 74.2 cm³/mol. The summed E-state index contributed by atoms with van der Waals surface area (Å²) < 4.78 is 0. The molecule has 5 heteroatoms. The van der Waals surface area contributed by atoms with Gasteiger partial charge in [0.25, 0.3) is 0 Å². The molecule has 0 aliphatic heterocycles. The van der Waals surface area contributed by atoms with E-state index in [-0.39, 0.29) is 11.8 Å². The van der Waals surface area contributed by atoms with E-state index in [9.17, 15) is 4.79 Å². The Bertz CT molecular complexity index is 620. The van der Waals surface area contributed by atoms with Crippen LogP contribution in [0.4, 0.5) is 0 Å². The maximum Gasteiger partial charge on any atom is 0.303 e. The van der Waals surface area contributed by atoms with Crippen molar-refractivity contribution in [2.45, 2.75) is 24.2 Å². The van der Waals surface area contributed by atoms with Crippen LogP contribution >= 0.6 is 11.8 Å². The zero-order valence-corrected chi connectivity index (χ0v) is 11.2. The van der Waals surface area contributed by atoms with Crippen LogP contribution in [-0.2, 0) is 4.79 Å². The Balaban J connectivity index is 1.77. The molecule has 0 spiro atoms. The maximum atomic E-state index is 10.8. The minimum atomic E-state index is -0.698. The minimum absolute atomic E-state index is 0.000867. The molecule has 1 N–H and O–H groups in total. The van der Waals surface area contributed by atoms with Gasteiger partial charge in [-0.05, 0) is 24.3 Å². The maximum absolute atomic E-state index is 10.8. The van der Waals surface area contributed by atoms with Crippen molar-refractivity contribution in [3.8, 4) is 0 Å². The highest BCUT2D eigenvalue weighted by Gasteiger charge is 2.44. The number of nitrogens with zero attached hydrogens (tertiary/aromatic N) is 2. The molecule has 1 aliphatic rings. The number of fused-ring (bicyclic) bond motifs is 1. The highest BCUT2D eigenvalue weighted by molar-refractivity contribution is 7.99. The molecule has 1 fully saturated rings. The van der Waals surface area contributed by atoms with Crippen molar-refractivity contribution in [3.63, 3.8) is 0 Å². The van der Waals surface area contributed by atoms with Gasteiger partial charge in [-0.15, -0.1) is 11.8 Å². The van der Waals surface area contributed by atoms with E-state index >= 15 is 0 Å². The number of benzene rings is 1. The first kappa shape index (κ1) is 12.4. The summed E-state index contributed by atoms with van der Waals surface area (Å²) in [7, 11) is 0. The first-order valence-electron chi connectivity index (χ1n) is 6.24. The van der Waals surface area contributed by atoms with E-state index in [1.807, 2.05) is 24.3 Å². The van der Waals surface area contributed by atoms with Crippen LogP contribution in [0, 0.1) is 5.41 Å². The Morgan fingerprint density at radius 2 is 2.16 bits per heavy atom. The van der Waals surface area contributed by atoms with Crippen LogP contribution in [-0.4, -0.2) is 27.0 Å². The molecule has 0 bridgehead atoms. The Hall–Kier alpha value is -1.62. The molecule has 1 saturated carbocycles. The van der Waals surface area contributed by atoms with Gasteiger partial charge in [-0.2, -0.15) is 10.2 Å². The number of thioether (sulfide) groups is 1. The summed E-state index contributed by atoms with van der Waals surface area (Å²) in [5.41, 5.74) is 0.886. The molecule has 0 radical (unpaired) electrons. The van der Waals surface area contributed by atoms with Crippen LogP contribution in [0.1, 0.15) is 19.3 Å². The van der Waals surface area contributed by atoms with Gasteiger partial charge in [0.05, 0.1) is 18.1 Å². The lowest BCUT2D eigenvalue weighted by Gasteiger charge is -2.12. The second-order valence-electron chi connectivity index (χ2n) is 5.09. The molecule has 1 aliphatic carbocycles. The third kappa shape index (κ3) is 2.71. The molecular formula is C14H14N2O2S. The Morgan fingerprint density at radius 3 is 2.89 bits per heavy atom. The summed E-state index contributed by atoms with van der Waals surface area (Å²) >= 11 is 1.70. The number of aromatic nitrogens is 2. The molecule has 1 heterocycles. The SMILES string of the molecule is O=C(O)CC1(CSc2cnnc3ccccc23)CC1. The normalized spacial score (nSPS) is 16.4. The van der Waals surface area contributed by atoms with Crippen LogP contribution in [0.3, 0.4) is 0 Å². The lowest BCUT2D eigenvalue weighted by atomic mass is 10.1. The summed E-state index contributed by atoms with van der Waals surface area (Å²) in [5.74, 6) is 0.144. The van der Waals surface area contributed by atoms with Gasteiger partial charge in [-0.25, -0.2) is 0 Å². The molecule has 98 valence electrons. The summed E-state index contributed by atoms with van der Waals surface area (Å²) in [4.78, 5) is 11.9. The molecule has 1 aromatic carbocycles. The van der Waals surface area contributed by atoms with E-state index < -0.39 is 5.97 Å². The van der Waals surface area contributed by atoms with E-state index in [2.05, 4.69) is 10.2 Å². The summed E-state index contributed by atoms with van der Waals surface area (Å²) in [5, 5.41) is 18.1. The van der Waals surface area contributed by atoms with E-state index in [0.29, 0.717) is 0 Å². The number of hydrogen-bond donors (Lipinski definition) is 1. The number of rotatable bonds is 5. The van der Waals surface area contributed by atoms with Crippen molar-refractivity contribution < 1.29 is 9.90 Å². The molecule has 2 aromatic rings. The minimum Gasteiger partial charge on any atom is -0.481 e. The van der Waals surface area contributed by atoms with Gasteiger partial charge in [0.15, 0.2) is 0 Å². The molecule has 3 rings (SSSR count). The van der Waals surface area contributed by atoms with Crippen molar-refractivity contribution in [1.29, 1.82) is 0 Å². The number of hydrogen-bond acceptors (Lipinski definition) is 4. The number of carbonyl (C=O) groups is 1. The summed E-state index contributed by atoms with van der Waals surface area (Å²) in [6.07, 6.45) is 4.08. The molecule has 0 saturated heterocycles. The third-order valence-corrected chi connectivity index (χ3v) is 4.92. The molecule has 0 amide bonds. The third-order valence-electron chi connectivity index (χ3n) is 3.53. The average Bonchev–Trinajstić information content (AvgIpc) is 3.15. The Labute approximate surface area is 115 Å². The lowest BCUT2D eigenvalue weighted by molar-refractivity contribution is -0.138. The van der Waals surface area contributed by atoms with Crippen LogP contribution in [0.15, 0.2) is 35.4 Å². The second-order valence-corrected chi connectivity index (χ2v) is 6.10. The predicted octanol–water partition coefficient (Wildman–Crippen LogP) is 2.98.